The molecule has 0 amide bonds. The van der Waals surface area contributed by atoms with Crippen molar-refractivity contribution in [2.45, 2.75) is 45.1 Å². The highest BCUT2D eigenvalue weighted by atomic mass is 19.1. The number of aryl methyl sites for hydroxylation is 1. The maximum Gasteiger partial charge on any atom is 0.123 e. The minimum atomic E-state index is -0.718. The third-order valence-electron chi connectivity index (χ3n) is 4.51. The van der Waals surface area contributed by atoms with Gasteiger partial charge in [0.2, 0.25) is 0 Å². The van der Waals surface area contributed by atoms with Gasteiger partial charge in [-0.2, -0.15) is 0 Å². The van der Waals surface area contributed by atoms with E-state index in [1.54, 1.807) is 0 Å². The normalized spacial score (nSPS) is 13.2. The minimum Gasteiger partial charge on any atom is -0.387 e. The lowest BCUT2D eigenvalue weighted by Gasteiger charge is -2.37. The molecule has 0 saturated heterocycles. The molecular formula is C19H23FO. The topological polar surface area (TPSA) is 20.2 Å². The first-order chi connectivity index (χ1) is 10.0. The summed E-state index contributed by atoms with van der Waals surface area (Å²) in [4.78, 5) is 0. The number of aliphatic hydroxyl groups is 1. The monoisotopic (exact) mass is 286 g/mol. The third kappa shape index (κ3) is 3.01. The number of benzene rings is 2. The van der Waals surface area contributed by atoms with Crippen LogP contribution in [0.4, 0.5) is 4.39 Å². The highest BCUT2D eigenvalue weighted by Crippen LogP contribution is 2.43. The fourth-order valence-electron chi connectivity index (χ4n) is 3.21. The molecule has 112 valence electrons. The largest absolute Gasteiger partial charge is 0.387 e. The summed E-state index contributed by atoms with van der Waals surface area (Å²) in [5, 5.41) is 11.0. The van der Waals surface area contributed by atoms with Crippen molar-refractivity contribution >= 4 is 0 Å². The van der Waals surface area contributed by atoms with Gasteiger partial charge < -0.3 is 5.11 Å². The van der Waals surface area contributed by atoms with E-state index in [2.05, 4.69) is 13.8 Å². The van der Waals surface area contributed by atoms with Gasteiger partial charge in [-0.3, -0.25) is 0 Å². The van der Waals surface area contributed by atoms with Crippen LogP contribution in [0.15, 0.2) is 48.5 Å². The SMILES string of the molecule is CCC(CC)(c1ccccc1)C(O)c1cc(C)cc(F)c1. The predicted molar refractivity (Wildman–Crippen MR) is 84.8 cm³/mol. The maximum absolute atomic E-state index is 13.7. The highest BCUT2D eigenvalue weighted by Gasteiger charge is 2.37. The summed E-state index contributed by atoms with van der Waals surface area (Å²) in [6.45, 7) is 6.00. The van der Waals surface area contributed by atoms with Crippen LogP contribution in [0.1, 0.15) is 49.5 Å². The minimum absolute atomic E-state index is 0.293. The Morgan fingerprint density at radius 2 is 1.67 bits per heavy atom. The van der Waals surface area contributed by atoms with Crippen LogP contribution in [0.2, 0.25) is 0 Å². The van der Waals surface area contributed by atoms with Gasteiger partial charge in [0.15, 0.2) is 0 Å². The number of aliphatic hydroxyl groups excluding tert-OH is 1. The zero-order chi connectivity index (χ0) is 15.5. The van der Waals surface area contributed by atoms with Gasteiger partial charge in [-0.05, 0) is 48.6 Å². The maximum atomic E-state index is 13.7. The molecule has 0 aliphatic rings. The lowest BCUT2D eigenvalue weighted by molar-refractivity contribution is 0.0724. The highest BCUT2D eigenvalue weighted by molar-refractivity contribution is 5.34. The molecule has 0 aromatic heterocycles. The zero-order valence-electron chi connectivity index (χ0n) is 12.9. The van der Waals surface area contributed by atoms with Crippen LogP contribution in [0.5, 0.6) is 0 Å². The standard InChI is InChI=1S/C19H23FO/c1-4-19(5-2,16-9-7-6-8-10-16)18(21)15-11-14(3)12-17(20)13-15/h6-13,18,21H,4-5H2,1-3H3. The van der Waals surface area contributed by atoms with Gasteiger partial charge in [0.25, 0.3) is 0 Å². The first-order valence-corrected chi connectivity index (χ1v) is 7.54. The Hall–Kier alpha value is -1.67. The first kappa shape index (κ1) is 15.7. The van der Waals surface area contributed by atoms with E-state index in [9.17, 15) is 9.50 Å². The van der Waals surface area contributed by atoms with E-state index in [-0.39, 0.29) is 11.2 Å². The van der Waals surface area contributed by atoms with E-state index < -0.39 is 6.10 Å². The second kappa shape index (κ2) is 6.40. The van der Waals surface area contributed by atoms with Crippen molar-refractivity contribution in [1.29, 1.82) is 0 Å². The predicted octanol–water partition coefficient (Wildman–Crippen LogP) is 4.93. The van der Waals surface area contributed by atoms with E-state index in [1.807, 2.05) is 43.3 Å². The zero-order valence-corrected chi connectivity index (χ0v) is 12.9. The first-order valence-electron chi connectivity index (χ1n) is 7.54. The molecule has 0 saturated carbocycles. The fourth-order valence-corrected chi connectivity index (χ4v) is 3.21. The van der Waals surface area contributed by atoms with Crippen molar-refractivity contribution < 1.29 is 9.50 Å². The van der Waals surface area contributed by atoms with Gasteiger partial charge in [0.1, 0.15) is 5.82 Å². The van der Waals surface area contributed by atoms with Crippen molar-refractivity contribution in [3.8, 4) is 0 Å². The van der Waals surface area contributed by atoms with E-state index in [0.29, 0.717) is 5.56 Å². The van der Waals surface area contributed by atoms with Gasteiger partial charge in [0.05, 0.1) is 6.10 Å². The summed E-state index contributed by atoms with van der Waals surface area (Å²) < 4.78 is 13.7. The van der Waals surface area contributed by atoms with E-state index >= 15 is 0 Å². The van der Waals surface area contributed by atoms with Crippen molar-refractivity contribution in [3.05, 3.63) is 71.0 Å². The Labute approximate surface area is 126 Å². The molecule has 1 atom stereocenters. The van der Waals surface area contributed by atoms with Crippen molar-refractivity contribution in [2.24, 2.45) is 0 Å². The van der Waals surface area contributed by atoms with E-state index in [0.717, 1.165) is 24.0 Å². The molecule has 2 aromatic carbocycles. The van der Waals surface area contributed by atoms with Gasteiger partial charge in [-0.15, -0.1) is 0 Å². The molecule has 0 fully saturated rings. The van der Waals surface area contributed by atoms with Crippen LogP contribution in [-0.4, -0.2) is 5.11 Å². The number of rotatable bonds is 5. The molecule has 0 spiro atoms. The summed E-state index contributed by atoms with van der Waals surface area (Å²) in [6.07, 6.45) is 0.874. The second-order valence-corrected chi connectivity index (χ2v) is 5.69. The van der Waals surface area contributed by atoms with Gasteiger partial charge >= 0.3 is 0 Å². The quantitative estimate of drug-likeness (QED) is 0.826. The number of halogens is 1. The number of hydrogen-bond acceptors (Lipinski definition) is 1. The van der Waals surface area contributed by atoms with Crippen LogP contribution >= 0.6 is 0 Å². The van der Waals surface area contributed by atoms with Crippen LogP contribution in [-0.2, 0) is 5.41 Å². The van der Waals surface area contributed by atoms with Crippen molar-refractivity contribution in [3.63, 3.8) is 0 Å². The summed E-state index contributed by atoms with van der Waals surface area (Å²) in [7, 11) is 0. The Morgan fingerprint density at radius 1 is 1.05 bits per heavy atom. The lowest BCUT2D eigenvalue weighted by Crippen LogP contribution is -2.32. The van der Waals surface area contributed by atoms with Crippen LogP contribution in [0.25, 0.3) is 0 Å². The van der Waals surface area contributed by atoms with E-state index in [1.165, 1.54) is 12.1 Å². The summed E-state index contributed by atoms with van der Waals surface area (Å²) >= 11 is 0. The Balaban J connectivity index is 2.51. The molecule has 0 radical (unpaired) electrons. The summed E-state index contributed by atoms with van der Waals surface area (Å²) in [5.74, 6) is -0.293. The molecule has 0 heterocycles. The number of hydrogen-bond donors (Lipinski definition) is 1. The molecule has 2 aromatic rings. The molecule has 1 unspecified atom stereocenters. The Kier molecular flexibility index (Phi) is 4.79. The molecule has 2 rings (SSSR count). The Morgan fingerprint density at radius 3 is 2.19 bits per heavy atom. The Bertz CT molecular complexity index is 568. The average molecular weight is 286 g/mol. The van der Waals surface area contributed by atoms with Crippen molar-refractivity contribution in [1.82, 2.24) is 0 Å². The van der Waals surface area contributed by atoms with E-state index in [4.69, 9.17) is 0 Å². The van der Waals surface area contributed by atoms with Crippen LogP contribution < -0.4 is 0 Å². The molecule has 2 heteroatoms. The van der Waals surface area contributed by atoms with Crippen molar-refractivity contribution in [2.75, 3.05) is 0 Å². The molecule has 0 aliphatic carbocycles. The molecule has 0 bridgehead atoms. The van der Waals surface area contributed by atoms with Gasteiger partial charge in [-0.1, -0.05) is 50.2 Å². The average Bonchev–Trinajstić information content (AvgIpc) is 2.49. The molecule has 0 aliphatic heterocycles. The summed E-state index contributed by atoms with van der Waals surface area (Å²) in [6, 6.07) is 14.8. The van der Waals surface area contributed by atoms with Crippen LogP contribution in [0.3, 0.4) is 0 Å². The van der Waals surface area contributed by atoms with Gasteiger partial charge in [0, 0.05) is 5.41 Å². The molecule has 1 N–H and O–H groups in total. The molecule has 21 heavy (non-hydrogen) atoms. The smallest absolute Gasteiger partial charge is 0.123 e. The third-order valence-corrected chi connectivity index (χ3v) is 4.51. The van der Waals surface area contributed by atoms with Crippen LogP contribution in [0, 0.1) is 12.7 Å². The molecule has 1 nitrogen and oxygen atoms in total. The second-order valence-electron chi connectivity index (χ2n) is 5.69. The molecular weight excluding hydrogens is 263 g/mol. The van der Waals surface area contributed by atoms with Gasteiger partial charge in [-0.25, -0.2) is 4.39 Å². The fraction of sp³-hybridized carbons (Fsp3) is 0.368. The lowest BCUT2D eigenvalue weighted by atomic mass is 9.69. The summed E-state index contributed by atoms with van der Waals surface area (Å²) in [5.41, 5.74) is 2.20.